The molecular weight excluding hydrogens is 303 g/mol. The first-order valence-corrected chi connectivity index (χ1v) is 7.87. The van der Waals surface area contributed by atoms with E-state index in [1.807, 2.05) is 19.1 Å². The van der Waals surface area contributed by atoms with Crippen LogP contribution in [-0.4, -0.2) is 4.98 Å². The highest BCUT2D eigenvalue weighted by Crippen LogP contribution is 2.32. The van der Waals surface area contributed by atoms with Gasteiger partial charge in [-0.1, -0.05) is 67.4 Å². The SMILES string of the molecule is Cc1cc(Cl)nc(Cl)c1NC(CC(C)C)c1ccccc1. The zero-order valence-electron chi connectivity index (χ0n) is 12.5. The first kappa shape index (κ1) is 16.1. The lowest BCUT2D eigenvalue weighted by Gasteiger charge is -2.24. The zero-order valence-corrected chi connectivity index (χ0v) is 14.0. The fourth-order valence-corrected chi connectivity index (χ4v) is 2.96. The van der Waals surface area contributed by atoms with Gasteiger partial charge in [0.05, 0.1) is 11.7 Å². The number of hydrogen-bond donors (Lipinski definition) is 1. The molecule has 1 heterocycles. The van der Waals surface area contributed by atoms with Crippen LogP contribution in [0.5, 0.6) is 0 Å². The fourth-order valence-electron chi connectivity index (χ4n) is 2.38. The van der Waals surface area contributed by atoms with Gasteiger partial charge in [-0.3, -0.25) is 0 Å². The summed E-state index contributed by atoms with van der Waals surface area (Å²) in [6.45, 7) is 6.41. The number of nitrogens with one attached hydrogen (secondary N) is 1. The van der Waals surface area contributed by atoms with Gasteiger partial charge < -0.3 is 5.32 Å². The van der Waals surface area contributed by atoms with Crippen LogP contribution >= 0.6 is 23.2 Å². The molecule has 0 aliphatic rings. The van der Waals surface area contributed by atoms with Crippen molar-refractivity contribution in [1.29, 1.82) is 0 Å². The Morgan fingerprint density at radius 2 is 1.81 bits per heavy atom. The molecule has 0 radical (unpaired) electrons. The van der Waals surface area contributed by atoms with E-state index in [2.05, 4.69) is 48.4 Å². The monoisotopic (exact) mass is 322 g/mol. The largest absolute Gasteiger partial charge is 0.376 e. The average molecular weight is 323 g/mol. The number of hydrogen-bond acceptors (Lipinski definition) is 2. The summed E-state index contributed by atoms with van der Waals surface area (Å²) in [6, 6.07) is 12.4. The van der Waals surface area contributed by atoms with E-state index in [4.69, 9.17) is 23.2 Å². The third-order valence-corrected chi connectivity index (χ3v) is 3.84. The summed E-state index contributed by atoms with van der Waals surface area (Å²) >= 11 is 12.2. The molecule has 112 valence electrons. The number of pyridine rings is 1. The van der Waals surface area contributed by atoms with E-state index in [1.54, 1.807) is 0 Å². The van der Waals surface area contributed by atoms with Gasteiger partial charge >= 0.3 is 0 Å². The number of aromatic nitrogens is 1. The van der Waals surface area contributed by atoms with Crippen molar-refractivity contribution >= 4 is 28.9 Å². The highest BCUT2D eigenvalue weighted by Gasteiger charge is 2.16. The summed E-state index contributed by atoms with van der Waals surface area (Å²) in [4.78, 5) is 4.13. The van der Waals surface area contributed by atoms with Gasteiger partial charge in [-0.15, -0.1) is 0 Å². The summed E-state index contributed by atoms with van der Waals surface area (Å²) in [6.07, 6.45) is 1.02. The summed E-state index contributed by atoms with van der Waals surface area (Å²) in [5.41, 5.74) is 3.11. The Morgan fingerprint density at radius 3 is 2.38 bits per heavy atom. The van der Waals surface area contributed by atoms with E-state index >= 15 is 0 Å². The fraction of sp³-hybridized carbons (Fsp3) is 0.353. The first-order chi connectivity index (χ1) is 9.97. The zero-order chi connectivity index (χ0) is 15.4. The van der Waals surface area contributed by atoms with E-state index in [1.165, 1.54) is 5.56 Å². The summed E-state index contributed by atoms with van der Waals surface area (Å²) < 4.78 is 0. The van der Waals surface area contributed by atoms with Gasteiger partial charge in [0, 0.05) is 0 Å². The number of halogens is 2. The van der Waals surface area contributed by atoms with Crippen LogP contribution in [0.25, 0.3) is 0 Å². The Kier molecular flexibility index (Phi) is 5.49. The molecular formula is C17H20Cl2N2. The first-order valence-electron chi connectivity index (χ1n) is 7.11. The summed E-state index contributed by atoms with van der Waals surface area (Å²) in [5.74, 6) is 0.571. The molecule has 0 spiro atoms. The van der Waals surface area contributed by atoms with Crippen molar-refractivity contribution in [2.45, 2.75) is 33.2 Å². The molecule has 4 heteroatoms. The second kappa shape index (κ2) is 7.15. The molecule has 1 aromatic carbocycles. The molecule has 21 heavy (non-hydrogen) atoms. The molecule has 0 aliphatic carbocycles. The highest BCUT2D eigenvalue weighted by atomic mass is 35.5. The van der Waals surface area contributed by atoms with Crippen molar-refractivity contribution in [2.75, 3.05) is 5.32 Å². The molecule has 1 unspecified atom stereocenters. The topological polar surface area (TPSA) is 24.9 Å². The molecule has 1 aromatic heterocycles. The lowest BCUT2D eigenvalue weighted by atomic mass is 9.96. The maximum absolute atomic E-state index is 6.24. The normalized spacial score (nSPS) is 12.5. The van der Waals surface area contributed by atoms with Crippen LogP contribution in [0.1, 0.15) is 37.4 Å². The predicted octanol–water partition coefficient (Wildman–Crippen LogP) is 5.90. The smallest absolute Gasteiger partial charge is 0.154 e. The lowest BCUT2D eigenvalue weighted by Crippen LogP contribution is -2.14. The number of nitrogens with zero attached hydrogens (tertiary/aromatic N) is 1. The highest BCUT2D eigenvalue weighted by molar-refractivity contribution is 6.34. The standard InChI is InChI=1S/C17H20Cl2N2/c1-11(2)9-14(13-7-5-4-6-8-13)20-16-12(3)10-15(18)21-17(16)19/h4-8,10-11,14,20H,9H2,1-3H3. The molecule has 0 fully saturated rings. The van der Waals surface area contributed by atoms with Gasteiger partial charge in [-0.25, -0.2) is 4.98 Å². The maximum Gasteiger partial charge on any atom is 0.154 e. The molecule has 2 aromatic rings. The van der Waals surface area contributed by atoms with Crippen LogP contribution < -0.4 is 5.32 Å². The quantitative estimate of drug-likeness (QED) is 0.693. The summed E-state index contributed by atoms with van der Waals surface area (Å²) in [5, 5.41) is 4.38. The van der Waals surface area contributed by atoms with E-state index in [9.17, 15) is 0 Å². The van der Waals surface area contributed by atoms with Crippen LogP contribution in [-0.2, 0) is 0 Å². The second-order valence-corrected chi connectivity index (χ2v) is 6.41. The number of anilines is 1. The van der Waals surface area contributed by atoms with Gasteiger partial charge in [-0.05, 0) is 36.5 Å². The van der Waals surface area contributed by atoms with Crippen LogP contribution in [0.2, 0.25) is 10.3 Å². The predicted molar refractivity (Wildman–Crippen MR) is 91.3 cm³/mol. The van der Waals surface area contributed by atoms with Crippen molar-refractivity contribution < 1.29 is 0 Å². The summed E-state index contributed by atoms with van der Waals surface area (Å²) in [7, 11) is 0. The molecule has 2 nitrogen and oxygen atoms in total. The lowest BCUT2D eigenvalue weighted by molar-refractivity contribution is 0.530. The van der Waals surface area contributed by atoms with Crippen molar-refractivity contribution in [3.8, 4) is 0 Å². The van der Waals surface area contributed by atoms with Crippen molar-refractivity contribution in [3.05, 3.63) is 57.8 Å². The molecule has 0 saturated carbocycles. The maximum atomic E-state index is 6.24. The van der Waals surface area contributed by atoms with Crippen LogP contribution in [0.4, 0.5) is 5.69 Å². The number of aryl methyl sites for hydroxylation is 1. The van der Waals surface area contributed by atoms with Crippen LogP contribution in [0.15, 0.2) is 36.4 Å². The Bertz CT molecular complexity index is 574. The molecule has 0 aliphatic heterocycles. The van der Waals surface area contributed by atoms with Crippen molar-refractivity contribution in [1.82, 2.24) is 4.98 Å². The number of benzene rings is 1. The van der Waals surface area contributed by atoms with Gasteiger partial charge in [-0.2, -0.15) is 0 Å². The van der Waals surface area contributed by atoms with Gasteiger partial charge in [0.1, 0.15) is 5.15 Å². The molecule has 0 saturated heterocycles. The van der Waals surface area contributed by atoms with Crippen LogP contribution in [0.3, 0.4) is 0 Å². The van der Waals surface area contributed by atoms with E-state index < -0.39 is 0 Å². The van der Waals surface area contributed by atoms with E-state index in [0.29, 0.717) is 16.2 Å². The van der Waals surface area contributed by atoms with Gasteiger partial charge in [0.2, 0.25) is 0 Å². The Hall–Kier alpha value is -1.25. The van der Waals surface area contributed by atoms with E-state index in [0.717, 1.165) is 17.7 Å². The second-order valence-electron chi connectivity index (χ2n) is 5.66. The minimum absolute atomic E-state index is 0.199. The number of rotatable bonds is 5. The molecule has 1 atom stereocenters. The Balaban J connectivity index is 2.32. The third-order valence-electron chi connectivity index (χ3n) is 3.37. The molecule has 2 rings (SSSR count). The minimum atomic E-state index is 0.199. The molecule has 0 amide bonds. The minimum Gasteiger partial charge on any atom is -0.376 e. The molecule has 0 bridgehead atoms. The van der Waals surface area contributed by atoms with E-state index in [-0.39, 0.29) is 6.04 Å². The van der Waals surface area contributed by atoms with Crippen molar-refractivity contribution in [2.24, 2.45) is 5.92 Å². The van der Waals surface area contributed by atoms with Gasteiger partial charge in [0.25, 0.3) is 0 Å². The van der Waals surface area contributed by atoms with Gasteiger partial charge in [0.15, 0.2) is 5.15 Å². The Labute approximate surface area is 136 Å². The molecule has 1 N–H and O–H groups in total. The van der Waals surface area contributed by atoms with Crippen molar-refractivity contribution in [3.63, 3.8) is 0 Å². The third kappa shape index (κ3) is 4.36. The van der Waals surface area contributed by atoms with Crippen LogP contribution in [0, 0.1) is 12.8 Å². The average Bonchev–Trinajstić information content (AvgIpc) is 2.42. The Morgan fingerprint density at radius 1 is 1.14 bits per heavy atom.